The largest absolute Gasteiger partial charge is 1.00 e. The Kier molecular flexibility index (Phi) is 4.52. The fourth-order valence-corrected chi connectivity index (χ4v) is 3.48. The molecule has 0 bridgehead atoms. The highest BCUT2D eigenvalue weighted by Crippen LogP contribution is 2.38. The Morgan fingerprint density at radius 1 is 1.04 bits per heavy atom. The van der Waals surface area contributed by atoms with Crippen molar-refractivity contribution < 1.29 is 12.4 Å². The number of aromatic nitrogens is 1. The topological polar surface area (TPSA) is 12.9 Å². The third-order valence-electron chi connectivity index (χ3n) is 4.66. The predicted molar refractivity (Wildman–Crippen MR) is 97.8 cm³/mol. The molecular weight excluding hydrogens is 316 g/mol. The summed E-state index contributed by atoms with van der Waals surface area (Å²) in [6, 6.07) is 19.1. The van der Waals surface area contributed by atoms with E-state index >= 15 is 0 Å². The lowest BCUT2D eigenvalue weighted by atomic mass is 9.99. The fraction of sp³-hybridized carbons (Fsp3) is 0.0952. The van der Waals surface area contributed by atoms with E-state index < -0.39 is 0 Å². The van der Waals surface area contributed by atoms with Crippen molar-refractivity contribution in [1.29, 1.82) is 0 Å². The zero-order valence-electron chi connectivity index (χ0n) is 13.4. The summed E-state index contributed by atoms with van der Waals surface area (Å²) >= 11 is 0. The first-order valence-electron chi connectivity index (χ1n) is 7.91. The van der Waals surface area contributed by atoms with Gasteiger partial charge in [-0.1, -0.05) is 36.4 Å². The van der Waals surface area contributed by atoms with Crippen LogP contribution < -0.4 is 16.9 Å². The molecule has 0 radical (unpaired) electrons. The second-order valence-corrected chi connectivity index (χ2v) is 6.01. The van der Waals surface area contributed by atoms with E-state index in [2.05, 4.69) is 78.4 Å². The van der Waals surface area contributed by atoms with Gasteiger partial charge in [-0.25, -0.2) is 0 Å². The second kappa shape index (κ2) is 6.60. The van der Waals surface area contributed by atoms with E-state index in [1.54, 1.807) is 0 Å². The molecule has 24 heavy (non-hydrogen) atoms. The maximum Gasteiger partial charge on any atom is 0.146 e. The number of rotatable bonds is 3. The lowest BCUT2D eigenvalue weighted by molar-refractivity contribution is -0.00000454. The second-order valence-electron chi connectivity index (χ2n) is 6.01. The predicted octanol–water partition coefficient (Wildman–Crippen LogP) is 1.92. The molecule has 1 aliphatic heterocycles. The minimum absolute atomic E-state index is 0. The lowest BCUT2D eigenvalue weighted by Gasteiger charge is -2.37. The number of nitrogens with zero attached hydrogens (tertiary/aromatic N) is 2. The fourth-order valence-electron chi connectivity index (χ4n) is 3.48. The molecule has 0 spiro atoms. The summed E-state index contributed by atoms with van der Waals surface area (Å²) < 4.78 is 0.737. The highest BCUT2D eigenvalue weighted by atomic mass is 35.5. The highest BCUT2D eigenvalue weighted by Gasteiger charge is 2.32. The van der Waals surface area contributed by atoms with Crippen LogP contribution in [0.4, 0.5) is 5.69 Å². The molecule has 0 N–H and O–H groups in total. The number of fused-ring (bicyclic) bond motifs is 3. The Morgan fingerprint density at radius 3 is 2.67 bits per heavy atom. The zero-order chi connectivity index (χ0) is 15.7. The molecule has 1 aliphatic rings. The van der Waals surface area contributed by atoms with Gasteiger partial charge in [0.2, 0.25) is 0 Å². The van der Waals surface area contributed by atoms with Gasteiger partial charge >= 0.3 is 0 Å². The van der Waals surface area contributed by atoms with E-state index in [0.29, 0.717) is 0 Å². The molecule has 1 aromatic heterocycles. The molecule has 3 aromatic rings. The molecule has 0 fully saturated rings. The summed E-state index contributed by atoms with van der Waals surface area (Å²) in [5, 5.41) is 1.21. The van der Waals surface area contributed by atoms with Crippen LogP contribution in [0, 0.1) is 0 Å². The van der Waals surface area contributed by atoms with Crippen LogP contribution in [0.3, 0.4) is 0 Å². The summed E-state index contributed by atoms with van der Waals surface area (Å²) in [5.74, 6) is 0. The average molecular weight is 335 g/mol. The van der Waals surface area contributed by atoms with Crippen molar-refractivity contribution in [3.63, 3.8) is 0 Å². The van der Waals surface area contributed by atoms with Crippen LogP contribution in [-0.2, 0) is 6.54 Å². The molecule has 2 heterocycles. The maximum absolute atomic E-state index is 4.48. The van der Waals surface area contributed by atoms with Gasteiger partial charge in [-0.3, -0.25) is 9.47 Å². The standard InChI is InChI=1S/C21H19N2.ClH/c1-2-23(16-17-8-4-3-5-9-17)15-7-11-19-18-10-6-14-22-20(18)12-13-21(19)23;/h2-14H,1,15-16H2;1H/q+1;/p-1. The summed E-state index contributed by atoms with van der Waals surface area (Å²) in [6.45, 7) is 5.99. The first-order chi connectivity index (χ1) is 11.3. The molecule has 2 nitrogen and oxygen atoms in total. The van der Waals surface area contributed by atoms with Gasteiger partial charge in [-0.05, 0) is 30.9 Å². The number of quaternary nitrogens is 1. The first-order valence-corrected chi connectivity index (χ1v) is 7.91. The molecular formula is C21H19ClN2. The van der Waals surface area contributed by atoms with Gasteiger partial charge < -0.3 is 12.4 Å². The third kappa shape index (κ3) is 2.64. The molecule has 0 saturated heterocycles. The van der Waals surface area contributed by atoms with E-state index in [4.69, 9.17) is 0 Å². The monoisotopic (exact) mass is 334 g/mol. The Labute approximate surface area is 148 Å². The van der Waals surface area contributed by atoms with Gasteiger partial charge in [0.1, 0.15) is 18.8 Å². The normalized spacial score (nSPS) is 18.7. The number of hydrogen-bond donors (Lipinski definition) is 0. The van der Waals surface area contributed by atoms with Crippen LogP contribution in [0.1, 0.15) is 11.1 Å². The summed E-state index contributed by atoms with van der Waals surface area (Å²) in [6.07, 6.45) is 8.39. The van der Waals surface area contributed by atoms with Gasteiger partial charge in [0.15, 0.2) is 0 Å². The van der Waals surface area contributed by atoms with Gasteiger partial charge in [0, 0.05) is 28.8 Å². The molecule has 0 saturated carbocycles. The van der Waals surface area contributed by atoms with Crippen LogP contribution in [0.5, 0.6) is 0 Å². The minimum atomic E-state index is 0. The van der Waals surface area contributed by atoms with Crippen LogP contribution in [0.2, 0.25) is 0 Å². The highest BCUT2D eigenvalue weighted by molar-refractivity contribution is 5.94. The first kappa shape index (κ1) is 16.4. The molecule has 0 aliphatic carbocycles. The van der Waals surface area contributed by atoms with E-state index in [1.807, 2.05) is 12.3 Å². The zero-order valence-corrected chi connectivity index (χ0v) is 14.2. The molecule has 0 amide bonds. The number of benzene rings is 2. The van der Waals surface area contributed by atoms with Crippen molar-refractivity contribution in [3.8, 4) is 0 Å². The van der Waals surface area contributed by atoms with Crippen molar-refractivity contribution in [2.75, 3.05) is 6.54 Å². The van der Waals surface area contributed by atoms with Gasteiger partial charge in [0.05, 0.1) is 11.7 Å². The van der Waals surface area contributed by atoms with Crippen LogP contribution in [-0.4, -0.2) is 11.5 Å². The van der Waals surface area contributed by atoms with Crippen molar-refractivity contribution >= 4 is 22.7 Å². The summed E-state index contributed by atoms with van der Waals surface area (Å²) in [4.78, 5) is 4.48. The van der Waals surface area contributed by atoms with E-state index in [9.17, 15) is 0 Å². The smallest absolute Gasteiger partial charge is 0.146 e. The Balaban J connectivity index is 0.00000169. The molecule has 2 aromatic carbocycles. The molecule has 1 unspecified atom stereocenters. The van der Waals surface area contributed by atoms with Crippen molar-refractivity contribution in [2.24, 2.45) is 0 Å². The quantitative estimate of drug-likeness (QED) is 0.667. The van der Waals surface area contributed by atoms with Crippen LogP contribution in [0.15, 0.2) is 79.6 Å². The molecule has 1 atom stereocenters. The summed E-state index contributed by atoms with van der Waals surface area (Å²) in [5.41, 5.74) is 4.92. The van der Waals surface area contributed by atoms with Crippen LogP contribution in [0.25, 0.3) is 17.0 Å². The Bertz CT molecular complexity index is 902. The lowest BCUT2D eigenvalue weighted by Crippen LogP contribution is -3.00. The summed E-state index contributed by atoms with van der Waals surface area (Å²) in [7, 11) is 0. The van der Waals surface area contributed by atoms with Gasteiger partial charge in [-0.15, -0.1) is 0 Å². The number of halogens is 1. The van der Waals surface area contributed by atoms with Crippen molar-refractivity contribution in [2.45, 2.75) is 6.54 Å². The molecule has 120 valence electrons. The Morgan fingerprint density at radius 2 is 1.88 bits per heavy atom. The van der Waals surface area contributed by atoms with E-state index in [-0.39, 0.29) is 12.4 Å². The van der Waals surface area contributed by atoms with Crippen LogP contribution >= 0.6 is 0 Å². The Hall–Kier alpha value is -2.42. The maximum atomic E-state index is 4.48. The van der Waals surface area contributed by atoms with Gasteiger partial charge in [-0.2, -0.15) is 0 Å². The number of pyridine rings is 1. The van der Waals surface area contributed by atoms with E-state index in [0.717, 1.165) is 23.1 Å². The van der Waals surface area contributed by atoms with Gasteiger partial charge in [0.25, 0.3) is 0 Å². The molecule has 4 rings (SSSR count). The van der Waals surface area contributed by atoms with Crippen molar-refractivity contribution in [3.05, 3.63) is 90.8 Å². The SMILES string of the molecule is C=C[N+]1(Cc2ccccc2)CC=Cc2c1ccc1ncccc21.[Cl-]. The average Bonchev–Trinajstić information content (AvgIpc) is 2.62. The number of hydrogen-bond acceptors (Lipinski definition) is 1. The third-order valence-corrected chi connectivity index (χ3v) is 4.66. The van der Waals surface area contributed by atoms with Crippen molar-refractivity contribution in [1.82, 2.24) is 9.47 Å². The molecule has 3 heteroatoms. The minimum Gasteiger partial charge on any atom is -1.00 e. The van der Waals surface area contributed by atoms with E-state index in [1.165, 1.54) is 22.2 Å².